The largest absolute Gasteiger partial charge is 0.412 e. The summed E-state index contributed by atoms with van der Waals surface area (Å²) in [5.41, 5.74) is 4.50. The zero-order valence-corrected chi connectivity index (χ0v) is 12.8. The molecule has 6 heteroatoms. The van der Waals surface area contributed by atoms with Gasteiger partial charge in [-0.3, -0.25) is 4.79 Å². The molecule has 0 radical (unpaired) electrons. The number of carbonyl (C=O) groups excluding carboxylic acids is 1. The summed E-state index contributed by atoms with van der Waals surface area (Å²) in [6, 6.07) is 0.267. The fourth-order valence-corrected chi connectivity index (χ4v) is 1.27. The highest BCUT2D eigenvalue weighted by atomic mass is 32.1. The Morgan fingerprint density at radius 1 is 1.24 bits per heavy atom. The molecule has 0 heterocycles. The summed E-state index contributed by atoms with van der Waals surface area (Å²) < 4.78 is 0. The molecule has 0 spiro atoms. The molecular formula is C11H34N2O3S. The van der Waals surface area contributed by atoms with Crippen LogP contribution in [-0.4, -0.2) is 29.9 Å². The van der Waals surface area contributed by atoms with Gasteiger partial charge >= 0.3 is 0 Å². The van der Waals surface area contributed by atoms with Crippen LogP contribution in [0.2, 0.25) is 0 Å². The summed E-state index contributed by atoms with van der Waals surface area (Å²) in [7, 11) is 1.50. The summed E-state index contributed by atoms with van der Waals surface area (Å²) in [5.74, 6) is 0.437. The molecule has 0 aromatic carbocycles. The van der Waals surface area contributed by atoms with E-state index >= 15 is 0 Å². The summed E-state index contributed by atoms with van der Waals surface area (Å²) >= 11 is 0. The average Bonchev–Trinajstić information content (AvgIpc) is 2.16. The molecule has 0 aliphatic carbocycles. The molecule has 7 N–H and O–H groups in total. The maximum absolute atomic E-state index is 11.5. The summed E-state index contributed by atoms with van der Waals surface area (Å²) in [5, 5.41) is 2.94. The van der Waals surface area contributed by atoms with Crippen LogP contribution in [0.1, 0.15) is 48.4 Å². The van der Waals surface area contributed by atoms with Crippen molar-refractivity contribution in [1.29, 1.82) is 0 Å². The van der Waals surface area contributed by atoms with Gasteiger partial charge in [-0.15, -0.1) is 0 Å². The third-order valence-electron chi connectivity index (χ3n) is 1.93. The zero-order valence-electron chi connectivity index (χ0n) is 11.8. The van der Waals surface area contributed by atoms with Gasteiger partial charge in [-0.25, -0.2) is 0 Å². The van der Waals surface area contributed by atoms with E-state index in [1.165, 1.54) is 7.05 Å². The van der Waals surface area contributed by atoms with Crippen LogP contribution in [0.4, 0.5) is 0 Å². The third kappa shape index (κ3) is 18.3. The monoisotopic (exact) mass is 274 g/mol. The Hall–Kier alpha value is -0.300. The Kier molecular flexibility index (Phi) is 37.2. The Balaban J connectivity index is -0.0000000569. The van der Waals surface area contributed by atoms with Crippen LogP contribution in [0.15, 0.2) is 0 Å². The highest BCUT2D eigenvalue weighted by Crippen LogP contribution is 2.10. The van der Waals surface area contributed by atoms with Gasteiger partial charge in [-0.05, 0) is 33.7 Å². The van der Waals surface area contributed by atoms with Crippen molar-refractivity contribution in [2.45, 2.75) is 53.0 Å². The van der Waals surface area contributed by atoms with E-state index in [1.807, 2.05) is 13.8 Å². The van der Waals surface area contributed by atoms with Gasteiger partial charge < -0.3 is 22.0 Å². The molecule has 0 unspecified atom stereocenters. The molecular weight excluding hydrogens is 240 g/mol. The number of carbonyl (C=O) groups is 1. The summed E-state index contributed by atoms with van der Waals surface area (Å²) in [6.45, 7) is 8.18. The zero-order chi connectivity index (χ0) is 11.6. The van der Waals surface area contributed by atoms with Crippen LogP contribution in [0.3, 0.4) is 0 Å². The van der Waals surface area contributed by atoms with Crippen LogP contribution >= 0.6 is 13.5 Å². The third-order valence-corrected chi connectivity index (χ3v) is 1.93. The Morgan fingerprint density at radius 3 is 1.88 bits per heavy atom. The first-order valence-electron chi connectivity index (χ1n) is 5.49. The van der Waals surface area contributed by atoms with E-state index in [2.05, 4.69) is 24.9 Å². The number of amides is 1. The van der Waals surface area contributed by atoms with Crippen LogP contribution in [-0.2, 0) is 4.79 Å². The SMILES string of the molecule is CCC[C@H](CC)C(=O)NC(C)C.CN.O.O.S.[HH]. The van der Waals surface area contributed by atoms with Crippen molar-refractivity contribution in [3.8, 4) is 0 Å². The van der Waals surface area contributed by atoms with E-state index in [-0.39, 0.29) is 43.7 Å². The van der Waals surface area contributed by atoms with Crippen LogP contribution < -0.4 is 11.1 Å². The Labute approximate surface area is 114 Å². The molecule has 1 atom stereocenters. The van der Waals surface area contributed by atoms with Crippen molar-refractivity contribution in [2.24, 2.45) is 11.7 Å². The fraction of sp³-hybridized carbons (Fsp3) is 0.909. The molecule has 5 nitrogen and oxygen atoms in total. The number of nitrogens with one attached hydrogen (secondary N) is 1. The minimum absolute atomic E-state index is 0. The molecule has 0 aromatic rings. The molecule has 1 amide bonds. The molecule has 0 saturated carbocycles. The van der Waals surface area contributed by atoms with Crippen molar-refractivity contribution in [3.05, 3.63) is 0 Å². The van der Waals surface area contributed by atoms with Crippen molar-refractivity contribution in [2.75, 3.05) is 7.05 Å². The predicted octanol–water partition coefficient (Wildman–Crippen LogP) is 0.622. The van der Waals surface area contributed by atoms with Gasteiger partial charge in [0.15, 0.2) is 0 Å². The quantitative estimate of drug-likeness (QED) is 0.764. The van der Waals surface area contributed by atoms with Crippen molar-refractivity contribution < 1.29 is 17.2 Å². The number of hydrogen-bond acceptors (Lipinski definition) is 2. The molecule has 0 fully saturated rings. The standard InChI is InChI=1S/C10H21NO.CH5N.2H2O.H2S.H2/c1-5-7-9(6-2)10(12)11-8(3)4;1-2;;;;/h8-9H,5-7H2,1-4H3,(H,11,12);2H2,1H3;3*1H2;1H/t9-;;;;;/m0...../s1. The number of rotatable bonds is 5. The maximum Gasteiger partial charge on any atom is 0.223 e. The summed E-state index contributed by atoms with van der Waals surface area (Å²) in [6.07, 6.45) is 3.05. The molecule has 112 valence electrons. The second kappa shape index (κ2) is 21.0. The van der Waals surface area contributed by atoms with E-state index in [0.29, 0.717) is 0 Å². The lowest BCUT2D eigenvalue weighted by Gasteiger charge is -2.15. The molecule has 0 rings (SSSR count). The molecule has 17 heavy (non-hydrogen) atoms. The smallest absolute Gasteiger partial charge is 0.223 e. The molecule has 0 bridgehead atoms. The van der Waals surface area contributed by atoms with Crippen molar-refractivity contribution >= 4 is 19.4 Å². The second-order valence-corrected chi connectivity index (χ2v) is 3.56. The first kappa shape index (κ1) is 30.1. The van der Waals surface area contributed by atoms with Gasteiger partial charge in [-0.2, -0.15) is 13.5 Å². The van der Waals surface area contributed by atoms with E-state index in [9.17, 15) is 4.79 Å². The van der Waals surface area contributed by atoms with Gasteiger partial charge in [-0.1, -0.05) is 20.3 Å². The van der Waals surface area contributed by atoms with E-state index in [1.54, 1.807) is 0 Å². The van der Waals surface area contributed by atoms with Gasteiger partial charge in [0.1, 0.15) is 0 Å². The molecule has 0 aromatic heterocycles. The highest BCUT2D eigenvalue weighted by molar-refractivity contribution is 7.59. The van der Waals surface area contributed by atoms with Crippen molar-refractivity contribution in [1.82, 2.24) is 5.32 Å². The molecule has 0 aliphatic rings. The van der Waals surface area contributed by atoms with E-state index in [4.69, 9.17) is 0 Å². The molecule has 0 aliphatic heterocycles. The normalized spacial score (nSPS) is 9.59. The molecule has 0 saturated heterocycles. The highest BCUT2D eigenvalue weighted by Gasteiger charge is 2.15. The number of nitrogens with two attached hydrogens (primary N) is 1. The lowest BCUT2D eigenvalue weighted by molar-refractivity contribution is -0.125. The topological polar surface area (TPSA) is 118 Å². The lowest BCUT2D eigenvalue weighted by atomic mass is 10.00. The Bertz CT molecular complexity index is 152. The minimum atomic E-state index is 0. The maximum atomic E-state index is 11.5. The van der Waals surface area contributed by atoms with E-state index < -0.39 is 0 Å². The van der Waals surface area contributed by atoms with Gasteiger partial charge in [0.25, 0.3) is 0 Å². The van der Waals surface area contributed by atoms with Crippen LogP contribution in [0.25, 0.3) is 0 Å². The first-order valence-corrected chi connectivity index (χ1v) is 5.49. The van der Waals surface area contributed by atoms with Gasteiger partial charge in [0.05, 0.1) is 0 Å². The van der Waals surface area contributed by atoms with E-state index in [0.717, 1.165) is 19.3 Å². The van der Waals surface area contributed by atoms with Gasteiger partial charge in [0.2, 0.25) is 5.91 Å². The first-order chi connectivity index (χ1) is 6.61. The Morgan fingerprint density at radius 2 is 1.65 bits per heavy atom. The predicted molar refractivity (Wildman–Crippen MR) is 81.8 cm³/mol. The average molecular weight is 274 g/mol. The van der Waals surface area contributed by atoms with Crippen LogP contribution in [0.5, 0.6) is 0 Å². The van der Waals surface area contributed by atoms with Crippen molar-refractivity contribution in [3.63, 3.8) is 0 Å². The lowest BCUT2D eigenvalue weighted by Crippen LogP contribution is -2.35. The van der Waals surface area contributed by atoms with Crippen LogP contribution in [0, 0.1) is 5.92 Å². The summed E-state index contributed by atoms with van der Waals surface area (Å²) in [4.78, 5) is 11.5. The minimum Gasteiger partial charge on any atom is -0.412 e. The number of hydrogen-bond donors (Lipinski definition) is 2. The van der Waals surface area contributed by atoms with Gasteiger partial charge in [0, 0.05) is 13.4 Å². The second-order valence-electron chi connectivity index (χ2n) is 3.56. The fourth-order valence-electron chi connectivity index (χ4n) is 1.27.